The molecule has 1 aromatic heterocycles. The number of hydrogen-bond acceptors (Lipinski definition) is 7. The summed E-state index contributed by atoms with van der Waals surface area (Å²) in [6, 6.07) is 6.03. The van der Waals surface area contributed by atoms with Crippen LogP contribution in [-0.4, -0.2) is 35.2 Å². The molecule has 2 unspecified atom stereocenters. The summed E-state index contributed by atoms with van der Waals surface area (Å²) >= 11 is 0. The van der Waals surface area contributed by atoms with Crippen LogP contribution in [0.1, 0.15) is 50.5 Å². The number of anilines is 2. The highest BCUT2D eigenvalue weighted by Gasteiger charge is 2.40. The molecule has 4 rings (SSSR count). The van der Waals surface area contributed by atoms with Crippen LogP contribution in [-0.2, 0) is 10.0 Å². The fraction of sp³-hybridized carbons (Fsp3) is 0.474. The lowest BCUT2D eigenvalue weighted by Crippen LogP contribution is -2.38. The van der Waals surface area contributed by atoms with E-state index < -0.39 is 15.6 Å². The summed E-state index contributed by atoms with van der Waals surface area (Å²) < 4.78 is 28.9. The summed E-state index contributed by atoms with van der Waals surface area (Å²) in [5.41, 5.74) is 0.742. The van der Waals surface area contributed by atoms with Crippen LogP contribution in [0, 0.1) is 0 Å². The molecule has 1 aromatic carbocycles. The molecule has 2 aliphatic carbocycles. The second-order valence-electron chi connectivity index (χ2n) is 7.78. The van der Waals surface area contributed by atoms with Gasteiger partial charge >= 0.3 is 0 Å². The van der Waals surface area contributed by atoms with E-state index in [1.165, 1.54) is 12.1 Å². The normalized spacial score (nSPS) is 24.9. The summed E-state index contributed by atoms with van der Waals surface area (Å²) in [6.07, 6.45) is 6.07. The van der Waals surface area contributed by atoms with Gasteiger partial charge in [-0.25, -0.2) is 18.5 Å². The summed E-state index contributed by atoms with van der Waals surface area (Å²) in [6.45, 7) is 1.80. The zero-order valence-electron chi connectivity index (χ0n) is 15.6. The molecule has 8 nitrogen and oxygen atoms in total. The van der Waals surface area contributed by atoms with Crippen LogP contribution in [0.3, 0.4) is 0 Å². The maximum Gasteiger partial charge on any atom is 0.238 e. The molecule has 0 aliphatic heterocycles. The van der Waals surface area contributed by atoms with Crippen molar-refractivity contribution in [3.8, 4) is 5.88 Å². The monoisotopic (exact) mass is 404 g/mol. The molecule has 2 atom stereocenters. The molecule has 2 aromatic rings. The number of sulfonamides is 1. The van der Waals surface area contributed by atoms with Crippen molar-refractivity contribution in [2.75, 3.05) is 5.32 Å². The van der Waals surface area contributed by atoms with Gasteiger partial charge in [0.15, 0.2) is 0 Å². The van der Waals surface area contributed by atoms with E-state index in [2.05, 4.69) is 15.3 Å². The predicted octanol–water partition coefficient (Wildman–Crippen LogP) is 2.43. The third-order valence-electron chi connectivity index (χ3n) is 5.33. The number of ether oxygens (including phenoxy) is 1. The van der Waals surface area contributed by atoms with Crippen LogP contribution in [0.2, 0.25) is 0 Å². The average molecular weight is 404 g/mol. The Balaban J connectivity index is 1.56. The lowest BCUT2D eigenvalue weighted by Gasteiger charge is -2.26. The Morgan fingerprint density at radius 1 is 1.25 bits per heavy atom. The molecule has 0 saturated heterocycles. The quantitative estimate of drug-likeness (QED) is 0.674. The largest absolute Gasteiger partial charge is 0.471 e. The van der Waals surface area contributed by atoms with Crippen LogP contribution in [0.5, 0.6) is 5.88 Å². The van der Waals surface area contributed by atoms with Gasteiger partial charge in [-0.05, 0) is 69.2 Å². The molecule has 2 fully saturated rings. The molecule has 2 saturated carbocycles. The van der Waals surface area contributed by atoms with Gasteiger partial charge in [-0.15, -0.1) is 0 Å². The topological polar surface area (TPSA) is 127 Å². The van der Waals surface area contributed by atoms with E-state index in [0.29, 0.717) is 29.9 Å². The average Bonchev–Trinajstić information content (AvgIpc) is 3.40. The Hall–Kier alpha value is -2.23. The van der Waals surface area contributed by atoms with E-state index >= 15 is 0 Å². The van der Waals surface area contributed by atoms with Gasteiger partial charge in [0.05, 0.1) is 10.5 Å². The van der Waals surface area contributed by atoms with Crippen LogP contribution in [0.4, 0.5) is 11.6 Å². The van der Waals surface area contributed by atoms with Crippen molar-refractivity contribution >= 4 is 21.7 Å². The molecule has 150 valence electrons. The van der Waals surface area contributed by atoms with Gasteiger partial charge in [0.1, 0.15) is 6.10 Å². The molecule has 0 radical (unpaired) electrons. The highest BCUT2D eigenvalue weighted by atomic mass is 32.2. The van der Waals surface area contributed by atoms with Gasteiger partial charge in [-0.2, -0.15) is 4.98 Å². The highest BCUT2D eigenvalue weighted by molar-refractivity contribution is 7.89. The van der Waals surface area contributed by atoms with Crippen LogP contribution >= 0.6 is 0 Å². The summed E-state index contributed by atoms with van der Waals surface area (Å²) in [5.74, 6) is 1.26. The van der Waals surface area contributed by atoms with Crippen LogP contribution in [0.25, 0.3) is 0 Å². The Kier molecular flexibility index (Phi) is 4.76. The van der Waals surface area contributed by atoms with Gasteiger partial charge in [-0.1, -0.05) is 0 Å². The Labute approximate surface area is 164 Å². The standard InChI is InChI=1S/C19H24N4O4S/c1-19(24)10-2-3-16(19)27-17-15(12-4-5-12)11-21-18(23-17)22-13-6-8-14(9-7-13)28(20,25)26/h6-9,11-12,16,24H,2-5,10H2,1H3,(H2,20,25,26)(H,21,22,23). The van der Waals surface area contributed by atoms with Crippen LogP contribution < -0.4 is 15.2 Å². The Morgan fingerprint density at radius 2 is 1.96 bits per heavy atom. The van der Waals surface area contributed by atoms with Crippen molar-refractivity contribution in [3.05, 3.63) is 36.0 Å². The second-order valence-corrected chi connectivity index (χ2v) is 9.34. The van der Waals surface area contributed by atoms with Crippen molar-refractivity contribution in [1.82, 2.24) is 9.97 Å². The van der Waals surface area contributed by atoms with E-state index in [4.69, 9.17) is 9.88 Å². The Morgan fingerprint density at radius 3 is 2.54 bits per heavy atom. The number of rotatable bonds is 6. The zero-order chi connectivity index (χ0) is 19.9. The molecule has 1 heterocycles. The van der Waals surface area contributed by atoms with Gasteiger partial charge < -0.3 is 15.2 Å². The number of aromatic nitrogens is 2. The van der Waals surface area contributed by atoms with Gasteiger partial charge in [0.2, 0.25) is 21.9 Å². The van der Waals surface area contributed by atoms with Crippen molar-refractivity contribution < 1.29 is 18.3 Å². The first-order valence-corrected chi connectivity index (χ1v) is 10.9. The van der Waals surface area contributed by atoms with Crippen molar-refractivity contribution in [1.29, 1.82) is 0 Å². The SMILES string of the molecule is CC1(O)CCCC1Oc1nc(Nc2ccc(S(N)(=O)=O)cc2)ncc1C1CC1. The van der Waals surface area contributed by atoms with E-state index in [1.54, 1.807) is 25.3 Å². The molecule has 2 aliphatic rings. The molecule has 0 spiro atoms. The van der Waals surface area contributed by atoms with E-state index in [-0.39, 0.29) is 11.0 Å². The lowest BCUT2D eigenvalue weighted by atomic mass is 10.0. The van der Waals surface area contributed by atoms with Gasteiger partial charge in [0, 0.05) is 17.4 Å². The molecule has 9 heteroatoms. The minimum absolute atomic E-state index is 0.0375. The molecular formula is C19H24N4O4S. The molecular weight excluding hydrogens is 380 g/mol. The lowest BCUT2D eigenvalue weighted by molar-refractivity contribution is -0.0273. The third kappa shape index (κ3) is 4.11. The van der Waals surface area contributed by atoms with E-state index in [1.807, 2.05) is 0 Å². The van der Waals surface area contributed by atoms with Crippen molar-refractivity contribution in [2.24, 2.45) is 5.14 Å². The number of nitrogens with zero attached hydrogens (tertiary/aromatic N) is 2. The fourth-order valence-electron chi connectivity index (χ4n) is 3.50. The second kappa shape index (κ2) is 6.98. The summed E-state index contributed by atoms with van der Waals surface area (Å²) in [7, 11) is -3.73. The minimum atomic E-state index is -3.73. The maximum atomic E-state index is 11.4. The number of aliphatic hydroxyl groups is 1. The molecule has 28 heavy (non-hydrogen) atoms. The first-order chi connectivity index (χ1) is 13.2. The first-order valence-electron chi connectivity index (χ1n) is 9.38. The van der Waals surface area contributed by atoms with Crippen molar-refractivity contribution in [3.63, 3.8) is 0 Å². The smallest absolute Gasteiger partial charge is 0.238 e. The number of hydrogen-bond donors (Lipinski definition) is 3. The zero-order valence-corrected chi connectivity index (χ0v) is 16.4. The molecule has 0 bridgehead atoms. The van der Waals surface area contributed by atoms with Gasteiger partial charge in [0.25, 0.3) is 0 Å². The predicted molar refractivity (Wildman–Crippen MR) is 104 cm³/mol. The van der Waals surface area contributed by atoms with Crippen molar-refractivity contribution in [2.45, 2.75) is 61.5 Å². The molecule has 4 N–H and O–H groups in total. The number of benzene rings is 1. The number of nitrogens with two attached hydrogens (primary N) is 1. The van der Waals surface area contributed by atoms with Crippen LogP contribution in [0.15, 0.2) is 35.4 Å². The molecule has 0 amide bonds. The Bertz CT molecular complexity index is 972. The summed E-state index contributed by atoms with van der Waals surface area (Å²) in [5, 5.41) is 18.7. The van der Waals surface area contributed by atoms with E-state index in [0.717, 1.165) is 31.2 Å². The minimum Gasteiger partial charge on any atom is -0.471 e. The number of primary sulfonamides is 1. The third-order valence-corrected chi connectivity index (χ3v) is 6.26. The fourth-order valence-corrected chi connectivity index (χ4v) is 4.01. The number of nitrogens with one attached hydrogen (secondary N) is 1. The van der Waals surface area contributed by atoms with E-state index in [9.17, 15) is 13.5 Å². The first kappa shape index (κ1) is 19.1. The summed E-state index contributed by atoms with van der Waals surface area (Å²) in [4.78, 5) is 8.94. The highest BCUT2D eigenvalue weighted by Crippen LogP contribution is 2.45. The maximum absolute atomic E-state index is 11.4. The van der Waals surface area contributed by atoms with Gasteiger partial charge in [-0.3, -0.25) is 0 Å².